The largest absolute Gasteiger partial charge is 0.351 e. The SMILES string of the molecule is O=C(NCCC(c1ccccc1)c1ccccc1)c1cc(-c2ccccc2Cl)nn1-c1ccc(Cl)cc1. The number of rotatable bonds is 8. The molecule has 0 saturated heterocycles. The Morgan fingerprint density at radius 2 is 1.38 bits per heavy atom. The molecule has 0 unspecified atom stereocenters. The molecule has 0 radical (unpaired) electrons. The van der Waals surface area contributed by atoms with Crippen molar-refractivity contribution >= 4 is 29.1 Å². The number of aromatic nitrogens is 2. The van der Waals surface area contributed by atoms with Crippen LogP contribution in [-0.2, 0) is 0 Å². The molecule has 0 aliphatic carbocycles. The van der Waals surface area contributed by atoms with Crippen LogP contribution in [0.3, 0.4) is 0 Å². The molecule has 37 heavy (non-hydrogen) atoms. The van der Waals surface area contributed by atoms with Gasteiger partial charge in [-0.3, -0.25) is 4.79 Å². The summed E-state index contributed by atoms with van der Waals surface area (Å²) in [5, 5.41) is 9.03. The third-order valence-electron chi connectivity index (χ3n) is 6.29. The van der Waals surface area contributed by atoms with E-state index in [1.165, 1.54) is 11.1 Å². The van der Waals surface area contributed by atoms with Gasteiger partial charge in [0, 0.05) is 23.0 Å². The summed E-state index contributed by atoms with van der Waals surface area (Å²) in [4.78, 5) is 13.5. The van der Waals surface area contributed by atoms with Gasteiger partial charge < -0.3 is 5.32 Å². The second kappa shape index (κ2) is 11.5. The van der Waals surface area contributed by atoms with Crippen molar-refractivity contribution in [2.24, 2.45) is 0 Å². The normalized spacial score (nSPS) is 11.0. The lowest BCUT2D eigenvalue weighted by atomic mass is 9.88. The molecule has 0 fully saturated rings. The maximum atomic E-state index is 13.5. The Labute approximate surface area is 226 Å². The summed E-state index contributed by atoms with van der Waals surface area (Å²) in [6.07, 6.45) is 0.756. The number of amides is 1. The topological polar surface area (TPSA) is 46.9 Å². The molecule has 0 aliphatic rings. The molecular formula is C31H25Cl2N3O. The van der Waals surface area contributed by atoms with Crippen LogP contribution in [0.25, 0.3) is 16.9 Å². The average molecular weight is 526 g/mol. The molecule has 5 aromatic rings. The van der Waals surface area contributed by atoms with Gasteiger partial charge in [-0.15, -0.1) is 0 Å². The number of benzene rings is 4. The van der Waals surface area contributed by atoms with E-state index in [1.54, 1.807) is 22.9 Å². The third-order valence-corrected chi connectivity index (χ3v) is 6.87. The second-order valence-corrected chi connectivity index (χ2v) is 9.55. The smallest absolute Gasteiger partial charge is 0.270 e. The van der Waals surface area contributed by atoms with Gasteiger partial charge in [-0.1, -0.05) is 102 Å². The van der Waals surface area contributed by atoms with Crippen molar-refractivity contribution < 1.29 is 4.79 Å². The highest BCUT2D eigenvalue weighted by atomic mass is 35.5. The fourth-order valence-electron chi connectivity index (χ4n) is 4.44. The lowest BCUT2D eigenvalue weighted by Gasteiger charge is -2.18. The van der Waals surface area contributed by atoms with Crippen molar-refractivity contribution in [2.45, 2.75) is 12.3 Å². The molecule has 0 spiro atoms. The van der Waals surface area contributed by atoms with Crippen LogP contribution in [0, 0.1) is 0 Å². The van der Waals surface area contributed by atoms with Gasteiger partial charge in [-0.2, -0.15) is 5.10 Å². The molecule has 1 N–H and O–H groups in total. The highest BCUT2D eigenvalue weighted by molar-refractivity contribution is 6.33. The van der Waals surface area contributed by atoms with E-state index in [0.717, 1.165) is 17.7 Å². The van der Waals surface area contributed by atoms with Gasteiger partial charge in [-0.05, 0) is 53.9 Å². The molecule has 0 aliphatic heterocycles. The van der Waals surface area contributed by atoms with Crippen LogP contribution in [0.15, 0.2) is 115 Å². The van der Waals surface area contributed by atoms with E-state index in [0.29, 0.717) is 28.0 Å². The fraction of sp³-hybridized carbons (Fsp3) is 0.0968. The summed E-state index contributed by atoms with van der Waals surface area (Å²) in [6, 6.07) is 37.2. The molecule has 4 nitrogen and oxygen atoms in total. The number of hydrogen-bond donors (Lipinski definition) is 1. The van der Waals surface area contributed by atoms with Gasteiger partial charge in [-0.25, -0.2) is 4.68 Å². The minimum atomic E-state index is -0.208. The number of nitrogens with one attached hydrogen (secondary N) is 1. The highest BCUT2D eigenvalue weighted by Gasteiger charge is 2.20. The van der Waals surface area contributed by atoms with Crippen LogP contribution in [0.1, 0.15) is 34.0 Å². The van der Waals surface area contributed by atoms with Crippen molar-refractivity contribution in [3.8, 4) is 16.9 Å². The Kier molecular flexibility index (Phi) is 7.69. The van der Waals surface area contributed by atoms with Crippen LogP contribution in [-0.4, -0.2) is 22.2 Å². The highest BCUT2D eigenvalue weighted by Crippen LogP contribution is 2.29. The summed E-state index contributed by atoms with van der Waals surface area (Å²) in [6.45, 7) is 0.501. The van der Waals surface area contributed by atoms with E-state index in [4.69, 9.17) is 28.3 Å². The Balaban J connectivity index is 1.41. The average Bonchev–Trinajstić information content (AvgIpc) is 3.38. The van der Waals surface area contributed by atoms with E-state index in [9.17, 15) is 4.79 Å². The van der Waals surface area contributed by atoms with Crippen LogP contribution >= 0.6 is 23.2 Å². The van der Waals surface area contributed by atoms with Crippen molar-refractivity contribution in [1.82, 2.24) is 15.1 Å². The molecule has 184 valence electrons. The van der Waals surface area contributed by atoms with Gasteiger partial charge in [0.05, 0.1) is 16.4 Å². The Morgan fingerprint density at radius 3 is 2.00 bits per heavy atom. The zero-order valence-corrected chi connectivity index (χ0v) is 21.5. The minimum absolute atomic E-state index is 0.169. The Morgan fingerprint density at radius 1 is 0.784 bits per heavy atom. The van der Waals surface area contributed by atoms with E-state index >= 15 is 0 Å². The van der Waals surface area contributed by atoms with Crippen LogP contribution in [0.2, 0.25) is 10.0 Å². The second-order valence-electron chi connectivity index (χ2n) is 8.70. The maximum Gasteiger partial charge on any atom is 0.270 e. The van der Waals surface area contributed by atoms with Gasteiger partial charge >= 0.3 is 0 Å². The lowest BCUT2D eigenvalue weighted by Crippen LogP contribution is -2.28. The molecule has 5 rings (SSSR count). The first-order chi connectivity index (χ1) is 18.1. The third kappa shape index (κ3) is 5.77. The van der Waals surface area contributed by atoms with E-state index in [-0.39, 0.29) is 11.8 Å². The number of carbonyl (C=O) groups is 1. The molecular weight excluding hydrogens is 501 g/mol. The number of nitrogens with zero attached hydrogens (tertiary/aromatic N) is 2. The Bertz CT molecular complexity index is 1440. The van der Waals surface area contributed by atoms with Gasteiger partial charge in [0.15, 0.2) is 0 Å². The van der Waals surface area contributed by atoms with Crippen LogP contribution < -0.4 is 5.32 Å². The quantitative estimate of drug-likeness (QED) is 0.224. The number of hydrogen-bond acceptors (Lipinski definition) is 2. The molecule has 1 heterocycles. The number of halogens is 2. The summed E-state index contributed by atoms with van der Waals surface area (Å²) in [5.41, 5.74) is 4.98. The van der Waals surface area contributed by atoms with Crippen LogP contribution in [0.4, 0.5) is 0 Å². The van der Waals surface area contributed by atoms with Crippen molar-refractivity contribution in [2.75, 3.05) is 6.54 Å². The van der Waals surface area contributed by atoms with Crippen LogP contribution in [0.5, 0.6) is 0 Å². The Hall–Kier alpha value is -3.86. The first kappa shape index (κ1) is 24.8. The summed E-state index contributed by atoms with van der Waals surface area (Å²) in [5.74, 6) is -0.0387. The van der Waals surface area contributed by atoms with Crippen molar-refractivity contribution in [3.63, 3.8) is 0 Å². The molecule has 1 amide bonds. The lowest BCUT2D eigenvalue weighted by molar-refractivity contribution is 0.0945. The first-order valence-corrected chi connectivity index (χ1v) is 12.8. The fourth-order valence-corrected chi connectivity index (χ4v) is 4.80. The molecule has 4 aromatic carbocycles. The monoisotopic (exact) mass is 525 g/mol. The van der Waals surface area contributed by atoms with Gasteiger partial charge in [0.1, 0.15) is 5.69 Å². The first-order valence-electron chi connectivity index (χ1n) is 12.1. The van der Waals surface area contributed by atoms with E-state index < -0.39 is 0 Å². The number of carbonyl (C=O) groups excluding carboxylic acids is 1. The van der Waals surface area contributed by atoms with E-state index in [1.807, 2.05) is 72.8 Å². The molecule has 0 bridgehead atoms. The van der Waals surface area contributed by atoms with Crippen molar-refractivity contribution in [1.29, 1.82) is 0 Å². The summed E-state index contributed by atoms with van der Waals surface area (Å²) in [7, 11) is 0. The van der Waals surface area contributed by atoms with Gasteiger partial charge in [0.25, 0.3) is 5.91 Å². The summed E-state index contributed by atoms with van der Waals surface area (Å²) >= 11 is 12.5. The zero-order chi connectivity index (χ0) is 25.6. The standard InChI is InChI=1S/C31H25Cl2N3O/c32-24-15-17-25(18-16-24)36-30(21-29(35-36)27-13-7-8-14-28(27)33)31(37)34-20-19-26(22-9-3-1-4-10-22)23-11-5-2-6-12-23/h1-18,21,26H,19-20H2,(H,34,37). The molecule has 0 atom stereocenters. The molecule has 6 heteroatoms. The minimum Gasteiger partial charge on any atom is -0.351 e. The van der Waals surface area contributed by atoms with Crippen molar-refractivity contribution in [3.05, 3.63) is 142 Å². The van der Waals surface area contributed by atoms with Gasteiger partial charge in [0.2, 0.25) is 0 Å². The predicted molar refractivity (Wildman–Crippen MR) is 151 cm³/mol. The summed E-state index contributed by atoms with van der Waals surface area (Å²) < 4.78 is 1.64. The maximum absolute atomic E-state index is 13.5. The molecule has 0 saturated carbocycles. The zero-order valence-electron chi connectivity index (χ0n) is 20.0. The predicted octanol–water partition coefficient (Wildman–Crippen LogP) is 7.80. The van der Waals surface area contributed by atoms with E-state index in [2.05, 4.69) is 29.6 Å². The molecule has 1 aromatic heterocycles.